The molecular formula is C27H24FN3O5. The zero-order valence-corrected chi connectivity index (χ0v) is 19.8. The number of Topliss-reactive ketones (excluding diaryl/α,β-unsaturated/α-hetero) is 1. The van der Waals surface area contributed by atoms with Crippen molar-refractivity contribution >= 4 is 23.2 Å². The first kappa shape index (κ1) is 24.6. The monoisotopic (exact) mass is 489 g/mol. The van der Waals surface area contributed by atoms with Crippen LogP contribution in [0.2, 0.25) is 0 Å². The fourth-order valence-electron chi connectivity index (χ4n) is 4.10. The topological polar surface area (TPSA) is 113 Å². The minimum Gasteiger partial charge on any atom is -0.480 e. The first-order valence-corrected chi connectivity index (χ1v) is 11.2. The lowest BCUT2D eigenvalue weighted by atomic mass is 9.99. The number of nitrogens with zero attached hydrogens (tertiary/aromatic N) is 2. The van der Waals surface area contributed by atoms with Crippen LogP contribution in [0.15, 0.2) is 60.7 Å². The number of hydrogen-bond donors (Lipinski definition) is 1. The third kappa shape index (κ3) is 4.81. The lowest BCUT2D eigenvalue weighted by Gasteiger charge is -2.12. The van der Waals surface area contributed by atoms with Gasteiger partial charge in [-0.05, 0) is 29.7 Å². The Labute approximate surface area is 206 Å². The Morgan fingerprint density at radius 3 is 2.36 bits per heavy atom. The summed E-state index contributed by atoms with van der Waals surface area (Å²) in [4.78, 5) is 36.9. The molecule has 4 aromatic rings. The maximum atomic E-state index is 13.5. The van der Waals surface area contributed by atoms with Crippen LogP contribution in [0.25, 0.3) is 16.8 Å². The average Bonchev–Trinajstić information content (AvgIpc) is 3.21. The molecular weight excluding hydrogens is 465 g/mol. The van der Waals surface area contributed by atoms with Crippen molar-refractivity contribution in [1.29, 1.82) is 0 Å². The van der Waals surface area contributed by atoms with Crippen molar-refractivity contribution in [2.24, 2.45) is 5.73 Å². The number of ketones is 1. The van der Waals surface area contributed by atoms with Gasteiger partial charge in [0.25, 0.3) is 11.7 Å². The van der Waals surface area contributed by atoms with Crippen molar-refractivity contribution in [2.75, 3.05) is 13.7 Å². The molecule has 0 fully saturated rings. The van der Waals surface area contributed by atoms with Crippen LogP contribution in [0, 0.1) is 5.82 Å². The van der Waals surface area contributed by atoms with Crippen molar-refractivity contribution < 1.29 is 28.2 Å². The predicted molar refractivity (Wildman–Crippen MR) is 130 cm³/mol. The van der Waals surface area contributed by atoms with Crippen LogP contribution < -0.4 is 10.5 Å². The second-order valence-corrected chi connectivity index (χ2v) is 8.04. The number of amides is 1. The van der Waals surface area contributed by atoms with Crippen molar-refractivity contribution in [2.45, 2.75) is 19.8 Å². The van der Waals surface area contributed by atoms with Crippen LogP contribution in [0.3, 0.4) is 0 Å². The molecule has 9 heteroatoms. The molecule has 0 aliphatic rings. The molecule has 2 heterocycles. The fraction of sp³-hybridized carbons (Fsp3) is 0.185. The molecule has 1 amide bonds. The quantitative estimate of drug-likeness (QED) is 0.219. The number of aromatic nitrogens is 2. The van der Waals surface area contributed by atoms with E-state index in [4.69, 9.17) is 20.3 Å². The molecule has 0 aliphatic heterocycles. The molecule has 0 saturated carbocycles. The Bertz CT molecular complexity index is 1450. The largest absolute Gasteiger partial charge is 0.480 e. The Kier molecular flexibility index (Phi) is 7.10. The number of primary amides is 1. The van der Waals surface area contributed by atoms with E-state index in [0.717, 1.165) is 11.1 Å². The molecule has 0 radical (unpaired) electrons. The second kappa shape index (κ2) is 10.4. The van der Waals surface area contributed by atoms with Crippen molar-refractivity contribution in [3.8, 4) is 17.0 Å². The zero-order chi connectivity index (χ0) is 25.8. The van der Waals surface area contributed by atoms with Gasteiger partial charge < -0.3 is 15.2 Å². The Morgan fingerprint density at radius 2 is 1.75 bits per heavy atom. The number of nitrogens with two attached hydrogens (primary N) is 1. The molecule has 184 valence electrons. The summed E-state index contributed by atoms with van der Waals surface area (Å²) in [7, 11) is 1.23. The van der Waals surface area contributed by atoms with Gasteiger partial charge in [0.1, 0.15) is 17.1 Å². The predicted octanol–water partition coefficient (Wildman–Crippen LogP) is 3.51. The normalized spacial score (nSPS) is 10.9. The Morgan fingerprint density at radius 1 is 1.06 bits per heavy atom. The summed E-state index contributed by atoms with van der Waals surface area (Å²) in [6.07, 6.45) is 0.670. The van der Waals surface area contributed by atoms with E-state index >= 15 is 0 Å². The van der Waals surface area contributed by atoms with E-state index in [1.807, 2.05) is 37.3 Å². The van der Waals surface area contributed by atoms with Gasteiger partial charge >= 0.3 is 5.97 Å². The van der Waals surface area contributed by atoms with Gasteiger partial charge in [0.2, 0.25) is 0 Å². The zero-order valence-electron chi connectivity index (χ0n) is 19.8. The van der Waals surface area contributed by atoms with Crippen molar-refractivity contribution in [1.82, 2.24) is 9.61 Å². The standard InChI is InChI=1S/C27H24FN3O5/c1-3-19-21(13-16-9-11-18(28)12-10-16)31-25(24(19)26(33)27(29)34)22(36-15-23(32)35-2)14-20(30-31)17-7-5-4-6-8-17/h4-12,14H,3,13,15H2,1-2H3,(H2,29,34). The van der Waals surface area contributed by atoms with E-state index in [1.165, 1.54) is 19.2 Å². The van der Waals surface area contributed by atoms with E-state index in [-0.39, 0.29) is 22.6 Å². The SMILES string of the molecule is CCc1c(C(=O)C(N)=O)c2c(OCC(=O)OC)cc(-c3ccccc3)nn2c1Cc1ccc(F)cc1. The maximum absolute atomic E-state index is 13.5. The molecule has 2 N–H and O–H groups in total. The Balaban J connectivity index is 2.04. The number of halogens is 1. The number of fused-ring (bicyclic) bond motifs is 1. The lowest BCUT2D eigenvalue weighted by Crippen LogP contribution is -2.24. The molecule has 0 unspecified atom stereocenters. The average molecular weight is 490 g/mol. The van der Waals surface area contributed by atoms with Gasteiger partial charge in [-0.25, -0.2) is 13.7 Å². The van der Waals surface area contributed by atoms with Gasteiger partial charge in [-0.15, -0.1) is 0 Å². The smallest absolute Gasteiger partial charge is 0.343 e. The first-order chi connectivity index (χ1) is 17.3. The molecule has 8 nitrogen and oxygen atoms in total. The number of carbonyl (C=O) groups is 3. The lowest BCUT2D eigenvalue weighted by molar-refractivity contribution is -0.142. The molecule has 0 saturated heterocycles. The number of esters is 1. The summed E-state index contributed by atoms with van der Waals surface area (Å²) in [6.45, 7) is 1.42. The molecule has 36 heavy (non-hydrogen) atoms. The molecule has 0 aliphatic carbocycles. The first-order valence-electron chi connectivity index (χ1n) is 11.2. The summed E-state index contributed by atoms with van der Waals surface area (Å²) in [5, 5.41) is 4.78. The molecule has 2 aromatic carbocycles. The summed E-state index contributed by atoms with van der Waals surface area (Å²) < 4.78 is 25.6. The maximum Gasteiger partial charge on any atom is 0.343 e. The molecule has 4 rings (SSSR count). The minimum atomic E-state index is -1.13. The number of rotatable bonds is 9. The van der Waals surface area contributed by atoms with Gasteiger partial charge in [0.05, 0.1) is 24.1 Å². The molecule has 0 atom stereocenters. The van der Waals surface area contributed by atoms with Crippen LogP contribution in [0.5, 0.6) is 5.75 Å². The highest BCUT2D eigenvalue weighted by atomic mass is 19.1. The molecule has 2 aromatic heterocycles. The highest BCUT2D eigenvalue weighted by molar-refractivity contribution is 6.44. The highest BCUT2D eigenvalue weighted by Gasteiger charge is 2.29. The number of benzene rings is 2. The van der Waals surface area contributed by atoms with E-state index in [1.54, 1.807) is 22.7 Å². The van der Waals surface area contributed by atoms with Crippen LogP contribution in [-0.4, -0.2) is 41.0 Å². The summed E-state index contributed by atoms with van der Waals surface area (Å²) in [5.74, 6) is -2.85. The summed E-state index contributed by atoms with van der Waals surface area (Å²) >= 11 is 0. The minimum absolute atomic E-state index is 0.0640. The van der Waals surface area contributed by atoms with Gasteiger partial charge in [0.15, 0.2) is 6.61 Å². The van der Waals surface area contributed by atoms with Crippen molar-refractivity contribution in [3.05, 3.63) is 88.9 Å². The van der Waals surface area contributed by atoms with Crippen LogP contribution >= 0.6 is 0 Å². The highest BCUT2D eigenvalue weighted by Crippen LogP contribution is 2.35. The summed E-state index contributed by atoms with van der Waals surface area (Å²) in [5.41, 5.74) is 8.91. The Hall–Kier alpha value is -4.53. The van der Waals surface area contributed by atoms with E-state index < -0.39 is 24.3 Å². The number of methoxy groups -OCH3 is 1. The van der Waals surface area contributed by atoms with Gasteiger partial charge in [-0.3, -0.25) is 9.59 Å². The summed E-state index contributed by atoms with van der Waals surface area (Å²) in [6, 6.07) is 16.9. The number of ether oxygens (including phenoxy) is 2. The van der Waals surface area contributed by atoms with E-state index in [0.29, 0.717) is 29.8 Å². The number of hydrogen-bond acceptors (Lipinski definition) is 6. The third-order valence-electron chi connectivity index (χ3n) is 5.80. The fourth-order valence-corrected chi connectivity index (χ4v) is 4.10. The number of carbonyl (C=O) groups excluding carboxylic acids is 3. The van der Waals surface area contributed by atoms with Gasteiger partial charge in [0, 0.05) is 18.1 Å². The van der Waals surface area contributed by atoms with Crippen LogP contribution in [-0.2, 0) is 27.2 Å². The van der Waals surface area contributed by atoms with Crippen LogP contribution in [0.4, 0.5) is 4.39 Å². The van der Waals surface area contributed by atoms with Crippen molar-refractivity contribution in [3.63, 3.8) is 0 Å². The van der Waals surface area contributed by atoms with Crippen LogP contribution in [0.1, 0.15) is 34.1 Å². The van der Waals surface area contributed by atoms with Gasteiger partial charge in [-0.1, -0.05) is 49.4 Å². The van der Waals surface area contributed by atoms with E-state index in [9.17, 15) is 18.8 Å². The third-order valence-corrected chi connectivity index (χ3v) is 5.80. The van der Waals surface area contributed by atoms with E-state index in [2.05, 4.69) is 0 Å². The van der Waals surface area contributed by atoms with Gasteiger partial charge in [-0.2, -0.15) is 5.10 Å². The molecule has 0 bridgehead atoms. The molecule has 0 spiro atoms. The second-order valence-electron chi connectivity index (χ2n) is 8.04.